The second-order valence-corrected chi connectivity index (χ2v) is 4.48. The van der Waals surface area contributed by atoms with E-state index in [9.17, 15) is 4.79 Å². The third-order valence-electron chi connectivity index (χ3n) is 2.83. The molecule has 0 bridgehead atoms. The Morgan fingerprint density at radius 2 is 2.15 bits per heavy atom. The van der Waals surface area contributed by atoms with Crippen LogP contribution in [-0.2, 0) is 16.1 Å². The number of benzene rings is 1. The van der Waals surface area contributed by atoms with Gasteiger partial charge in [-0.2, -0.15) is 0 Å². The van der Waals surface area contributed by atoms with E-state index in [1.54, 1.807) is 20.3 Å². The Morgan fingerprint density at radius 1 is 1.40 bits per heavy atom. The minimum absolute atomic E-state index is 0.658. The van der Waals surface area contributed by atoms with E-state index in [0.717, 1.165) is 30.3 Å². The molecule has 1 rings (SSSR count). The molecule has 0 atom stereocenters. The first-order chi connectivity index (χ1) is 9.56. The average molecular weight is 279 g/mol. The summed E-state index contributed by atoms with van der Waals surface area (Å²) in [7, 11) is 5.25. The maximum atomic E-state index is 10.6. The number of hydrogen-bond donors (Lipinski definition) is 1. The molecule has 0 saturated heterocycles. The zero-order valence-electron chi connectivity index (χ0n) is 12.1. The van der Waals surface area contributed by atoms with Gasteiger partial charge in [0.25, 0.3) is 0 Å². The third-order valence-corrected chi connectivity index (χ3v) is 2.83. The van der Waals surface area contributed by atoms with Crippen molar-refractivity contribution >= 4 is 12.0 Å². The molecule has 1 aromatic rings. The van der Waals surface area contributed by atoms with Crippen LogP contribution in [0.4, 0.5) is 0 Å². The van der Waals surface area contributed by atoms with Crippen LogP contribution in [0.1, 0.15) is 11.1 Å². The third kappa shape index (κ3) is 5.42. The molecule has 0 aromatic heterocycles. The Kier molecular flexibility index (Phi) is 6.76. The van der Waals surface area contributed by atoms with Crippen LogP contribution in [0.25, 0.3) is 6.08 Å². The van der Waals surface area contributed by atoms with Crippen molar-refractivity contribution in [2.45, 2.75) is 6.54 Å². The van der Waals surface area contributed by atoms with Gasteiger partial charge in [0.2, 0.25) is 0 Å². The van der Waals surface area contributed by atoms with E-state index in [-0.39, 0.29) is 0 Å². The summed E-state index contributed by atoms with van der Waals surface area (Å²) in [6.07, 6.45) is 2.65. The fourth-order valence-electron chi connectivity index (χ4n) is 1.81. The van der Waals surface area contributed by atoms with Crippen molar-refractivity contribution in [1.29, 1.82) is 0 Å². The van der Waals surface area contributed by atoms with Gasteiger partial charge in [-0.25, -0.2) is 4.79 Å². The predicted octanol–water partition coefficient (Wildman–Crippen LogP) is 1.87. The van der Waals surface area contributed by atoms with Gasteiger partial charge in [-0.05, 0) is 30.8 Å². The lowest BCUT2D eigenvalue weighted by atomic mass is 10.1. The summed E-state index contributed by atoms with van der Waals surface area (Å²) in [5, 5.41) is 8.70. The molecule has 0 fully saturated rings. The fourth-order valence-corrected chi connectivity index (χ4v) is 1.81. The first-order valence-electron chi connectivity index (χ1n) is 6.32. The zero-order valence-corrected chi connectivity index (χ0v) is 12.1. The van der Waals surface area contributed by atoms with E-state index in [4.69, 9.17) is 14.6 Å². The molecule has 0 saturated carbocycles. The van der Waals surface area contributed by atoms with Crippen molar-refractivity contribution in [2.75, 3.05) is 34.4 Å². The van der Waals surface area contributed by atoms with Crippen molar-refractivity contribution < 1.29 is 19.4 Å². The van der Waals surface area contributed by atoms with Gasteiger partial charge >= 0.3 is 5.97 Å². The van der Waals surface area contributed by atoms with Gasteiger partial charge in [-0.1, -0.05) is 6.07 Å². The number of carboxylic acids is 1. The van der Waals surface area contributed by atoms with E-state index >= 15 is 0 Å². The largest absolute Gasteiger partial charge is 0.496 e. The SMILES string of the molecule is COCCN(C)Cc1ccc(OC)c(C=CC(=O)O)c1. The minimum atomic E-state index is -0.977. The standard InChI is InChI=1S/C15H21NO4/c1-16(8-9-19-2)11-12-4-6-14(20-3)13(10-12)5-7-15(17)18/h4-7,10H,8-9,11H2,1-3H3,(H,17,18). The lowest BCUT2D eigenvalue weighted by molar-refractivity contribution is -0.131. The molecule has 0 heterocycles. The molecule has 0 unspecified atom stereocenters. The van der Waals surface area contributed by atoms with Crippen molar-refractivity contribution in [1.82, 2.24) is 4.90 Å². The molecule has 5 heteroatoms. The van der Waals surface area contributed by atoms with Gasteiger partial charge in [0.05, 0.1) is 13.7 Å². The van der Waals surface area contributed by atoms with E-state index in [1.165, 1.54) is 0 Å². The first-order valence-corrected chi connectivity index (χ1v) is 6.32. The van der Waals surface area contributed by atoms with E-state index in [1.807, 2.05) is 25.2 Å². The Balaban J connectivity index is 2.83. The van der Waals surface area contributed by atoms with Crippen molar-refractivity contribution in [2.24, 2.45) is 0 Å². The lowest BCUT2D eigenvalue weighted by Crippen LogP contribution is -2.22. The number of likely N-dealkylation sites (N-methyl/N-ethyl adjacent to an activating group) is 1. The van der Waals surface area contributed by atoms with E-state index in [2.05, 4.69) is 4.90 Å². The maximum Gasteiger partial charge on any atom is 0.328 e. The molecule has 0 aliphatic rings. The average Bonchev–Trinajstić information content (AvgIpc) is 2.43. The zero-order chi connectivity index (χ0) is 15.0. The Bertz CT molecular complexity index is 471. The Labute approximate surface area is 119 Å². The van der Waals surface area contributed by atoms with Gasteiger partial charge < -0.3 is 14.6 Å². The molecule has 1 aromatic carbocycles. The molecule has 110 valence electrons. The van der Waals surface area contributed by atoms with E-state index < -0.39 is 5.97 Å². The number of carboxylic acid groups (broad SMARTS) is 1. The minimum Gasteiger partial charge on any atom is -0.496 e. The quantitative estimate of drug-likeness (QED) is 0.736. The number of methoxy groups -OCH3 is 2. The van der Waals surface area contributed by atoms with Gasteiger partial charge in [0.1, 0.15) is 5.75 Å². The Hall–Kier alpha value is -1.85. The smallest absolute Gasteiger partial charge is 0.328 e. The van der Waals surface area contributed by atoms with Crippen LogP contribution < -0.4 is 4.74 Å². The highest BCUT2D eigenvalue weighted by atomic mass is 16.5. The number of aliphatic carboxylic acids is 1. The molecular weight excluding hydrogens is 258 g/mol. The van der Waals surface area contributed by atoms with Crippen molar-refractivity contribution in [3.63, 3.8) is 0 Å². The van der Waals surface area contributed by atoms with Crippen LogP contribution in [0, 0.1) is 0 Å². The normalized spacial score (nSPS) is 11.2. The van der Waals surface area contributed by atoms with Crippen molar-refractivity contribution in [3.05, 3.63) is 35.4 Å². The molecule has 1 N–H and O–H groups in total. The van der Waals surface area contributed by atoms with Gasteiger partial charge in [0, 0.05) is 31.8 Å². The molecule has 0 amide bonds. The first kappa shape index (κ1) is 16.2. The summed E-state index contributed by atoms with van der Waals surface area (Å²) in [6.45, 7) is 2.28. The Morgan fingerprint density at radius 3 is 2.75 bits per heavy atom. The van der Waals surface area contributed by atoms with Gasteiger partial charge in [0.15, 0.2) is 0 Å². The summed E-state index contributed by atoms with van der Waals surface area (Å²) in [5.74, 6) is -0.319. The van der Waals surface area contributed by atoms with Crippen LogP contribution in [0.3, 0.4) is 0 Å². The molecule has 20 heavy (non-hydrogen) atoms. The summed E-state index contributed by atoms with van der Waals surface area (Å²) in [6, 6.07) is 5.75. The molecule has 0 aliphatic carbocycles. The second kappa shape index (κ2) is 8.35. The number of hydrogen-bond acceptors (Lipinski definition) is 4. The highest BCUT2D eigenvalue weighted by molar-refractivity contribution is 5.85. The predicted molar refractivity (Wildman–Crippen MR) is 77.9 cm³/mol. The number of rotatable bonds is 8. The van der Waals surface area contributed by atoms with Crippen LogP contribution in [0.2, 0.25) is 0 Å². The number of nitrogens with zero attached hydrogens (tertiary/aromatic N) is 1. The monoisotopic (exact) mass is 279 g/mol. The molecule has 0 spiro atoms. The highest BCUT2D eigenvalue weighted by Crippen LogP contribution is 2.22. The summed E-state index contributed by atoms with van der Waals surface area (Å²) >= 11 is 0. The summed E-state index contributed by atoms with van der Waals surface area (Å²) < 4.78 is 10.3. The van der Waals surface area contributed by atoms with Crippen molar-refractivity contribution in [3.8, 4) is 5.75 Å². The highest BCUT2D eigenvalue weighted by Gasteiger charge is 2.05. The van der Waals surface area contributed by atoms with Gasteiger partial charge in [-0.3, -0.25) is 4.90 Å². The van der Waals surface area contributed by atoms with Crippen LogP contribution in [-0.4, -0.2) is 50.4 Å². The van der Waals surface area contributed by atoms with Gasteiger partial charge in [-0.15, -0.1) is 0 Å². The van der Waals surface area contributed by atoms with Crippen LogP contribution in [0.5, 0.6) is 5.75 Å². The maximum absolute atomic E-state index is 10.6. The number of ether oxygens (including phenoxy) is 2. The molecule has 0 aliphatic heterocycles. The fraction of sp³-hybridized carbons (Fsp3) is 0.400. The second-order valence-electron chi connectivity index (χ2n) is 4.48. The molecule has 0 radical (unpaired) electrons. The van der Waals surface area contributed by atoms with Crippen LogP contribution in [0.15, 0.2) is 24.3 Å². The molecule has 5 nitrogen and oxygen atoms in total. The molecular formula is C15H21NO4. The topological polar surface area (TPSA) is 59.0 Å². The van der Waals surface area contributed by atoms with E-state index in [0.29, 0.717) is 12.4 Å². The number of carbonyl (C=O) groups is 1. The summed E-state index contributed by atoms with van der Waals surface area (Å²) in [4.78, 5) is 12.7. The summed E-state index contributed by atoms with van der Waals surface area (Å²) in [5.41, 5.74) is 1.85. The van der Waals surface area contributed by atoms with Crippen LogP contribution >= 0.6 is 0 Å². The lowest BCUT2D eigenvalue weighted by Gasteiger charge is -2.17.